The van der Waals surface area contributed by atoms with Gasteiger partial charge in [-0.1, -0.05) is 30.0 Å². The van der Waals surface area contributed by atoms with Gasteiger partial charge in [0.1, 0.15) is 0 Å². The highest BCUT2D eigenvalue weighted by atomic mass is 32.2. The topological polar surface area (TPSA) is 93.0 Å². The Bertz CT molecular complexity index is 381. The number of benzene rings is 1. The van der Waals surface area contributed by atoms with Crippen molar-refractivity contribution in [1.29, 1.82) is 5.41 Å². The Morgan fingerprint density at radius 1 is 1.53 bits per heavy atom. The average molecular weight is 225 g/mol. The largest absolute Gasteiger partial charge is 0.379 e. The van der Waals surface area contributed by atoms with E-state index in [0.717, 1.165) is 0 Å². The normalized spacial score (nSPS) is 9.87. The molecule has 0 aliphatic carbocycles. The summed E-state index contributed by atoms with van der Waals surface area (Å²) in [4.78, 5) is 10.3. The number of rotatable bonds is 4. The molecule has 0 saturated heterocycles. The summed E-state index contributed by atoms with van der Waals surface area (Å²) in [6, 6.07) is 6.60. The molecule has 0 heterocycles. The smallest absolute Gasteiger partial charge is 0.272 e. The number of nitrogens with two attached hydrogens (primary N) is 1. The van der Waals surface area contributed by atoms with E-state index < -0.39 is 4.92 Å². The van der Waals surface area contributed by atoms with Gasteiger partial charge in [-0.25, -0.2) is 0 Å². The predicted octanol–water partition coefficient (Wildman–Crippen LogP) is 1.76. The summed E-state index contributed by atoms with van der Waals surface area (Å²) < 4.78 is 0. The lowest BCUT2D eigenvalue weighted by molar-refractivity contribution is -0.385. The first-order valence-corrected chi connectivity index (χ1v) is 5.29. The number of nitro groups is 1. The molecule has 0 aliphatic rings. The summed E-state index contributed by atoms with van der Waals surface area (Å²) in [7, 11) is 0. The molecule has 0 atom stereocenters. The van der Waals surface area contributed by atoms with Crippen LogP contribution in [0.1, 0.15) is 5.56 Å². The number of thioether (sulfide) groups is 1. The Morgan fingerprint density at radius 3 is 2.80 bits per heavy atom. The van der Waals surface area contributed by atoms with E-state index in [1.165, 1.54) is 17.8 Å². The second-order valence-corrected chi connectivity index (χ2v) is 3.99. The number of hydrogen-bond acceptors (Lipinski definition) is 4. The van der Waals surface area contributed by atoms with E-state index in [0.29, 0.717) is 17.7 Å². The van der Waals surface area contributed by atoms with Crippen LogP contribution in [-0.4, -0.2) is 15.8 Å². The zero-order valence-electron chi connectivity index (χ0n) is 7.97. The number of aryl methyl sites for hydroxylation is 1. The zero-order valence-corrected chi connectivity index (χ0v) is 8.79. The van der Waals surface area contributed by atoms with Gasteiger partial charge < -0.3 is 5.73 Å². The van der Waals surface area contributed by atoms with Gasteiger partial charge in [-0.05, 0) is 6.42 Å². The first-order valence-electron chi connectivity index (χ1n) is 4.30. The SMILES string of the molecule is N=C(N)SCCc1ccccc1[N+](=O)[O-]. The van der Waals surface area contributed by atoms with Crippen LogP contribution < -0.4 is 5.73 Å². The lowest BCUT2D eigenvalue weighted by Gasteiger charge is -2.01. The molecule has 5 nitrogen and oxygen atoms in total. The second kappa shape index (κ2) is 5.35. The van der Waals surface area contributed by atoms with Crippen LogP contribution in [0.15, 0.2) is 24.3 Å². The molecular weight excluding hydrogens is 214 g/mol. The van der Waals surface area contributed by atoms with Gasteiger partial charge in [0.15, 0.2) is 5.17 Å². The van der Waals surface area contributed by atoms with Crippen LogP contribution in [0.25, 0.3) is 0 Å². The number of hydrogen-bond donors (Lipinski definition) is 2. The lowest BCUT2D eigenvalue weighted by Crippen LogP contribution is -2.06. The van der Waals surface area contributed by atoms with Crippen molar-refractivity contribution in [1.82, 2.24) is 0 Å². The Labute approximate surface area is 91.3 Å². The Kier molecular flexibility index (Phi) is 4.11. The Hall–Kier alpha value is -1.56. The summed E-state index contributed by atoms with van der Waals surface area (Å²) in [5.41, 5.74) is 5.97. The number of para-hydroxylation sites is 1. The standard InChI is InChI=1S/C9H11N3O2S/c10-9(11)15-6-5-7-3-1-2-4-8(7)12(13)14/h1-4H,5-6H2,(H3,10,11). The third kappa shape index (κ3) is 3.59. The third-order valence-electron chi connectivity index (χ3n) is 1.82. The van der Waals surface area contributed by atoms with Gasteiger partial charge >= 0.3 is 0 Å². The molecule has 6 heteroatoms. The van der Waals surface area contributed by atoms with Gasteiger partial charge in [0.2, 0.25) is 0 Å². The van der Waals surface area contributed by atoms with Crippen molar-refractivity contribution in [2.75, 3.05) is 5.75 Å². The van der Waals surface area contributed by atoms with E-state index in [2.05, 4.69) is 0 Å². The lowest BCUT2D eigenvalue weighted by atomic mass is 10.1. The fourth-order valence-corrected chi connectivity index (χ4v) is 1.71. The molecule has 0 saturated carbocycles. The fourth-order valence-electron chi connectivity index (χ4n) is 1.17. The molecule has 0 bridgehead atoms. The van der Waals surface area contributed by atoms with Crippen LogP contribution in [0, 0.1) is 15.5 Å². The van der Waals surface area contributed by atoms with Gasteiger partial charge in [-0.2, -0.15) is 0 Å². The molecule has 0 spiro atoms. The number of amidine groups is 1. The minimum atomic E-state index is -0.395. The van der Waals surface area contributed by atoms with Crippen LogP contribution in [0.2, 0.25) is 0 Å². The van der Waals surface area contributed by atoms with Crippen molar-refractivity contribution in [3.05, 3.63) is 39.9 Å². The maximum atomic E-state index is 10.7. The van der Waals surface area contributed by atoms with Crippen LogP contribution in [0.3, 0.4) is 0 Å². The third-order valence-corrected chi connectivity index (χ3v) is 2.54. The summed E-state index contributed by atoms with van der Waals surface area (Å²) in [6.07, 6.45) is 0.543. The molecule has 0 fully saturated rings. The van der Waals surface area contributed by atoms with Crippen molar-refractivity contribution in [2.24, 2.45) is 5.73 Å². The molecule has 80 valence electrons. The summed E-state index contributed by atoms with van der Waals surface area (Å²) in [5, 5.41) is 17.7. The number of nitro benzene ring substituents is 1. The zero-order chi connectivity index (χ0) is 11.3. The summed E-state index contributed by atoms with van der Waals surface area (Å²) in [5.74, 6) is 0.584. The molecule has 1 aromatic carbocycles. The molecule has 15 heavy (non-hydrogen) atoms. The van der Waals surface area contributed by atoms with E-state index in [9.17, 15) is 10.1 Å². The van der Waals surface area contributed by atoms with Gasteiger partial charge in [0, 0.05) is 17.4 Å². The maximum absolute atomic E-state index is 10.7. The minimum Gasteiger partial charge on any atom is -0.379 e. The van der Waals surface area contributed by atoms with Crippen molar-refractivity contribution in [3.63, 3.8) is 0 Å². The molecular formula is C9H11N3O2S. The molecule has 1 rings (SSSR count). The van der Waals surface area contributed by atoms with Crippen LogP contribution in [0.5, 0.6) is 0 Å². The maximum Gasteiger partial charge on any atom is 0.272 e. The highest BCUT2D eigenvalue weighted by Gasteiger charge is 2.11. The van der Waals surface area contributed by atoms with Crippen LogP contribution in [0.4, 0.5) is 5.69 Å². The van der Waals surface area contributed by atoms with Gasteiger partial charge in [-0.3, -0.25) is 15.5 Å². The molecule has 0 amide bonds. The first kappa shape index (κ1) is 11.5. The van der Waals surface area contributed by atoms with Gasteiger partial charge in [-0.15, -0.1) is 0 Å². The van der Waals surface area contributed by atoms with Crippen molar-refractivity contribution >= 4 is 22.6 Å². The molecule has 0 aliphatic heterocycles. The van der Waals surface area contributed by atoms with E-state index in [-0.39, 0.29) is 10.9 Å². The Morgan fingerprint density at radius 2 is 2.20 bits per heavy atom. The monoisotopic (exact) mass is 225 g/mol. The average Bonchev–Trinajstić information content (AvgIpc) is 2.17. The van der Waals surface area contributed by atoms with E-state index in [1.54, 1.807) is 18.2 Å². The highest BCUT2D eigenvalue weighted by Crippen LogP contribution is 2.19. The molecule has 0 aromatic heterocycles. The highest BCUT2D eigenvalue weighted by molar-refractivity contribution is 8.13. The summed E-state index contributed by atoms with van der Waals surface area (Å²) >= 11 is 1.19. The van der Waals surface area contributed by atoms with E-state index >= 15 is 0 Å². The van der Waals surface area contributed by atoms with E-state index in [1.807, 2.05) is 0 Å². The van der Waals surface area contributed by atoms with Crippen molar-refractivity contribution in [3.8, 4) is 0 Å². The molecule has 3 N–H and O–H groups in total. The second-order valence-electron chi connectivity index (χ2n) is 2.85. The Balaban J connectivity index is 2.67. The van der Waals surface area contributed by atoms with Crippen molar-refractivity contribution in [2.45, 2.75) is 6.42 Å². The van der Waals surface area contributed by atoms with Gasteiger partial charge in [0.05, 0.1) is 4.92 Å². The minimum absolute atomic E-state index is 0.0357. The first-order chi connectivity index (χ1) is 7.11. The van der Waals surface area contributed by atoms with Crippen LogP contribution >= 0.6 is 11.8 Å². The van der Waals surface area contributed by atoms with E-state index in [4.69, 9.17) is 11.1 Å². The van der Waals surface area contributed by atoms with Gasteiger partial charge in [0.25, 0.3) is 5.69 Å². The quantitative estimate of drug-likeness (QED) is 0.353. The number of nitrogens with one attached hydrogen (secondary N) is 1. The van der Waals surface area contributed by atoms with Crippen LogP contribution in [-0.2, 0) is 6.42 Å². The molecule has 1 aromatic rings. The molecule has 0 radical (unpaired) electrons. The number of nitrogens with zero attached hydrogens (tertiary/aromatic N) is 1. The predicted molar refractivity (Wildman–Crippen MR) is 61.2 cm³/mol. The van der Waals surface area contributed by atoms with Crippen molar-refractivity contribution < 1.29 is 4.92 Å². The molecule has 0 unspecified atom stereocenters. The fraction of sp³-hybridized carbons (Fsp3) is 0.222. The summed E-state index contributed by atoms with van der Waals surface area (Å²) in [6.45, 7) is 0.